The summed E-state index contributed by atoms with van der Waals surface area (Å²) < 4.78 is 0. The molecule has 1 N–H and O–H groups in total. The molecule has 7 heteroatoms. The number of benzene rings is 2. The van der Waals surface area contributed by atoms with Gasteiger partial charge in [0.05, 0.1) is 18.7 Å². The van der Waals surface area contributed by atoms with Crippen molar-refractivity contribution in [3.05, 3.63) is 99.8 Å². The fourth-order valence-corrected chi connectivity index (χ4v) is 3.33. The summed E-state index contributed by atoms with van der Waals surface area (Å²) in [4.78, 5) is 31.8. The molecule has 1 atom stereocenters. The predicted molar refractivity (Wildman–Crippen MR) is 123 cm³/mol. The van der Waals surface area contributed by atoms with E-state index in [1.807, 2.05) is 42.5 Å². The smallest absolute Gasteiger partial charge is 0.242 e. The monoisotopic (exact) mass is 455 g/mol. The second-order valence-electron chi connectivity index (χ2n) is 7.17. The first-order valence-corrected chi connectivity index (χ1v) is 10.6. The van der Waals surface area contributed by atoms with Crippen LogP contribution in [0, 0.1) is 0 Å². The van der Waals surface area contributed by atoms with E-state index in [2.05, 4.69) is 10.3 Å². The third-order valence-corrected chi connectivity index (χ3v) is 5.38. The van der Waals surface area contributed by atoms with Crippen LogP contribution < -0.4 is 5.32 Å². The van der Waals surface area contributed by atoms with Crippen LogP contribution in [0.15, 0.2) is 72.9 Å². The van der Waals surface area contributed by atoms with Crippen LogP contribution in [0.3, 0.4) is 0 Å². The predicted octanol–water partition coefficient (Wildman–Crippen LogP) is 4.66. The van der Waals surface area contributed by atoms with Gasteiger partial charge in [0.2, 0.25) is 11.8 Å². The highest BCUT2D eigenvalue weighted by Gasteiger charge is 2.26. The lowest BCUT2D eigenvalue weighted by molar-refractivity contribution is -0.140. The molecule has 1 aromatic heterocycles. The van der Waals surface area contributed by atoms with Gasteiger partial charge in [-0.25, -0.2) is 0 Å². The van der Waals surface area contributed by atoms with Crippen LogP contribution in [-0.2, 0) is 29.1 Å². The van der Waals surface area contributed by atoms with Gasteiger partial charge >= 0.3 is 0 Å². The average molecular weight is 456 g/mol. The van der Waals surface area contributed by atoms with E-state index in [1.165, 1.54) is 0 Å². The van der Waals surface area contributed by atoms with Gasteiger partial charge in [-0.2, -0.15) is 0 Å². The zero-order chi connectivity index (χ0) is 22.2. The lowest BCUT2D eigenvalue weighted by atomic mass is 10.1. The van der Waals surface area contributed by atoms with Crippen LogP contribution >= 0.6 is 23.2 Å². The summed E-state index contributed by atoms with van der Waals surface area (Å²) in [5.74, 6) is -0.401. The fraction of sp³-hybridized carbons (Fsp3) is 0.208. The number of amides is 2. The minimum atomic E-state index is -0.667. The minimum Gasteiger partial charge on any atom is -0.349 e. The van der Waals surface area contributed by atoms with Crippen LogP contribution in [0.1, 0.15) is 23.7 Å². The summed E-state index contributed by atoms with van der Waals surface area (Å²) in [6.45, 7) is 2.31. The van der Waals surface area contributed by atoms with Crippen molar-refractivity contribution < 1.29 is 9.59 Å². The largest absolute Gasteiger partial charge is 0.349 e. The molecule has 0 saturated heterocycles. The summed E-state index contributed by atoms with van der Waals surface area (Å²) in [6.07, 6.45) is 1.84. The molecule has 0 aliphatic heterocycles. The molecule has 0 unspecified atom stereocenters. The Labute approximate surface area is 192 Å². The lowest BCUT2D eigenvalue weighted by Gasteiger charge is -2.29. The molecule has 0 aliphatic rings. The Kier molecular flexibility index (Phi) is 8.04. The third kappa shape index (κ3) is 6.81. The normalized spacial score (nSPS) is 11.6. The molecular formula is C24H23Cl2N3O2. The first-order valence-electron chi connectivity index (χ1n) is 9.88. The Hall–Kier alpha value is -2.89. The van der Waals surface area contributed by atoms with Crippen molar-refractivity contribution in [2.75, 3.05) is 0 Å². The van der Waals surface area contributed by atoms with Gasteiger partial charge in [0, 0.05) is 22.8 Å². The minimum absolute atomic E-state index is 0.155. The first kappa shape index (κ1) is 22.8. The Morgan fingerprint density at radius 2 is 1.55 bits per heavy atom. The van der Waals surface area contributed by atoms with E-state index >= 15 is 0 Å². The number of carbonyl (C=O) groups excluding carboxylic acids is 2. The van der Waals surface area contributed by atoms with E-state index in [0.29, 0.717) is 23.1 Å². The SMILES string of the molecule is C[C@H](C(=O)NCc1ccccn1)N(Cc1ccc(Cl)cc1)C(=O)Cc1ccc(Cl)cc1. The highest BCUT2D eigenvalue weighted by Crippen LogP contribution is 2.16. The van der Waals surface area contributed by atoms with Crippen molar-refractivity contribution >= 4 is 35.0 Å². The molecular weight excluding hydrogens is 433 g/mol. The maximum Gasteiger partial charge on any atom is 0.242 e. The van der Waals surface area contributed by atoms with Crippen molar-refractivity contribution in [1.82, 2.24) is 15.2 Å². The quantitative estimate of drug-likeness (QED) is 0.536. The standard InChI is InChI=1S/C24H23Cl2N3O2/c1-17(24(31)28-15-22-4-2-3-13-27-22)29(16-19-7-11-21(26)12-8-19)23(30)14-18-5-9-20(25)10-6-18/h2-13,17H,14-16H2,1H3,(H,28,31)/t17-/m1/s1. The molecule has 0 spiro atoms. The van der Waals surface area contributed by atoms with Gasteiger partial charge in [-0.3, -0.25) is 14.6 Å². The third-order valence-electron chi connectivity index (χ3n) is 4.87. The van der Waals surface area contributed by atoms with Gasteiger partial charge in [0.15, 0.2) is 0 Å². The molecule has 3 rings (SSSR count). The lowest BCUT2D eigenvalue weighted by Crippen LogP contribution is -2.48. The fourth-order valence-electron chi connectivity index (χ4n) is 3.08. The van der Waals surface area contributed by atoms with Gasteiger partial charge in [-0.15, -0.1) is 0 Å². The molecule has 0 aliphatic carbocycles. The molecule has 0 radical (unpaired) electrons. The van der Waals surface area contributed by atoms with Gasteiger partial charge in [0.1, 0.15) is 6.04 Å². The molecule has 160 valence electrons. The maximum absolute atomic E-state index is 13.2. The van der Waals surface area contributed by atoms with E-state index in [4.69, 9.17) is 23.2 Å². The van der Waals surface area contributed by atoms with Crippen molar-refractivity contribution in [2.45, 2.75) is 32.5 Å². The molecule has 31 heavy (non-hydrogen) atoms. The second-order valence-corrected chi connectivity index (χ2v) is 8.04. The van der Waals surface area contributed by atoms with Crippen molar-refractivity contribution in [1.29, 1.82) is 0 Å². The van der Waals surface area contributed by atoms with Gasteiger partial charge < -0.3 is 10.2 Å². The maximum atomic E-state index is 13.2. The van der Waals surface area contributed by atoms with E-state index in [-0.39, 0.29) is 18.2 Å². The Bertz CT molecular complexity index is 1010. The van der Waals surface area contributed by atoms with Crippen LogP contribution in [0.5, 0.6) is 0 Å². The zero-order valence-corrected chi connectivity index (χ0v) is 18.6. The molecule has 2 amide bonds. The number of rotatable bonds is 8. The van der Waals surface area contributed by atoms with Crippen LogP contribution in [0.25, 0.3) is 0 Å². The van der Waals surface area contributed by atoms with E-state index in [1.54, 1.807) is 42.3 Å². The summed E-state index contributed by atoms with van der Waals surface area (Å²) >= 11 is 11.9. The number of hydrogen-bond donors (Lipinski definition) is 1. The van der Waals surface area contributed by atoms with Crippen LogP contribution in [-0.4, -0.2) is 27.7 Å². The van der Waals surface area contributed by atoms with Crippen molar-refractivity contribution in [2.24, 2.45) is 0 Å². The molecule has 0 saturated carbocycles. The van der Waals surface area contributed by atoms with Gasteiger partial charge in [-0.1, -0.05) is 53.5 Å². The van der Waals surface area contributed by atoms with E-state index in [0.717, 1.165) is 16.8 Å². The summed E-state index contributed by atoms with van der Waals surface area (Å²) in [5, 5.41) is 4.09. The number of nitrogens with zero attached hydrogens (tertiary/aromatic N) is 2. The molecule has 3 aromatic rings. The zero-order valence-electron chi connectivity index (χ0n) is 17.1. The average Bonchev–Trinajstić information content (AvgIpc) is 2.78. The topological polar surface area (TPSA) is 62.3 Å². The summed E-state index contributed by atoms with van der Waals surface area (Å²) in [6, 6.07) is 19.2. The Morgan fingerprint density at radius 3 is 2.13 bits per heavy atom. The number of pyridine rings is 1. The van der Waals surface area contributed by atoms with E-state index in [9.17, 15) is 9.59 Å². The molecule has 5 nitrogen and oxygen atoms in total. The number of halogens is 2. The Balaban J connectivity index is 1.74. The molecule has 0 fully saturated rings. The number of carbonyl (C=O) groups is 2. The van der Waals surface area contributed by atoms with Gasteiger partial charge in [0.25, 0.3) is 0 Å². The number of nitrogens with one attached hydrogen (secondary N) is 1. The highest BCUT2D eigenvalue weighted by molar-refractivity contribution is 6.30. The molecule has 2 aromatic carbocycles. The Morgan fingerprint density at radius 1 is 0.935 bits per heavy atom. The van der Waals surface area contributed by atoms with E-state index < -0.39 is 6.04 Å². The molecule has 0 bridgehead atoms. The molecule has 1 heterocycles. The summed E-state index contributed by atoms with van der Waals surface area (Å²) in [7, 11) is 0. The van der Waals surface area contributed by atoms with Crippen LogP contribution in [0.2, 0.25) is 10.0 Å². The van der Waals surface area contributed by atoms with Crippen LogP contribution in [0.4, 0.5) is 0 Å². The van der Waals surface area contributed by atoms with Gasteiger partial charge in [-0.05, 0) is 54.4 Å². The first-order chi connectivity index (χ1) is 14.9. The highest BCUT2D eigenvalue weighted by atomic mass is 35.5. The van der Waals surface area contributed by atoms with Crippen molar-refractivity contribution in [3.63, 3.8) is 0 Å². The second kappa shape index (κ2) is 10.9. The summed E-state index contributed by atoms with van der Waals surface area (Å²) in [5.41, 5.74) is 2.47. The number of hydrogen-bond acceptors (Lipinski definition) is 3. The number of aromatic nitrogens is 1. The van der Waals surface area contributed by atoms with Crippen molar-refractivity contribution in [3.8, 4) is 0 Å².